The van der Waals surface area contributed by atoms with Gasteiger partial charge in [0.1, 0.15) is 11.5 Å². The van der Waals surface area contributed by atoms with E-state index in [1.165, 1.54) is 12.1 Å². The molecule has 1 amide bonds. The lowest BCUT2D eigenvalue weighted by molar-refractivity contribution is 0.102. The van der Waals surface area contributed by atoms with Gasteiger partial charge >= 0.3 is 0 Å². The lowest BCUT2D eigenvalue weighted by atomic mass is 10.2. The number of anilines is 1. The summed E-state index contributed by atoms with van der Waals surface area (Å²) in [5.41, 5.74) is 0.885. The van der Waals surface area contributed by atoms with E-state index in [-0.39, 0.29) is 16.6 Å². The van der Waals surface area contributed by atoms with Crippen LogP contribution in [0.2, 0.25) is 0 Å². The zero-order valence-corrected chi connectivity index (χ0v) is 15.6. The van der Waals surface area contributed by atoms with Crippen molar-refractivity contribution in [1.29, 1.82) is 0 Å². The number of ether oxygens (including phenoxy) is 1. The van der Waals surface area contributed by atoms with Gasteiger partial charge in [0.15, 0.2) is 9.84 Å². The molecule has 0 spiro atoms. The van der Waals surface area contributed by atoms with Crippen LogP contribution in [0.5, 0.6) is 11.5 Å². The zero-order chi connectivity index (χ0) is 19.3. The minimum atomic E-state index is -3.27. The van der Waals surface area contributed by atoms with Gasteiger partial charge < -0.3 is 10.1 Å². The second-order valence-corrected chi connectivity index (χ2v) is 8.07. The quantitative estimate of drug-likeness (QED) is 0.681. The fraction of sp³-hybridized carbons (Fsp3) is 0.0952. The highest BCUT2D eigenvalue weighted by Gasteiger charge is 2.14. The first kappa shape index (κ1) is 18.7. The van der Waals surface area contributed by atoms with E-state index in [0.29, 0.717) is 22.7 Å². The monoisotopic (exact) mass is 381 g/mol. The van der Waals surface area contributed by atoms with Gasteiger partial charge in [-0.1, -0.05) is 37.3 Å². The molecule has 0 aliphatic rings. The van der Waals surface area contributed by atoms with Crippen molar-refractivity contribution < 1.29 is 17.9 Å². The Hall–Kier alpha value is -3.12. The van der Waals surface area contributed by atoms with Crippen LogP contribution in [0.1, 0.15) is 17.3 Å². The number of hydrogen-bond acceptors (Lipinski definition) is 4. The number of benzene rings is 3. The Bertz CT molecular complexity index is 1030. The van der Waals surface area contributed by atoms with Crippen LogP contribution < -0.4 is 10.1 Å². The fourth-order valence-electron chi connectivity index (χ4n) is 2.47. The summed E-state index contributed by atoms with van der Waals surface area (Å²) in [6.45, 7) is 1.59. The zero-order valence-electron chi connectivity index (χ0n) is 14.8. The number of carbonyl (C=O) groups excluding carboxylic acids is 1. The molecule has 0 aliphatic heterocycles. The predicted molar refractivity (Wildman–Crippen MR) is 105 cm³/mol. The van der Waals surface area contributed by atoms with Crippen molar-refractivity contribution in [2.75, 3.05) is 11.1 Å². The molecule has 27 heavy (non-hydrogen) atoms. The van der Waals surface area contributed by atoms with Crippen LogP contribution in [0.15, 0.2) is 83.8 Å². The van der Waals surface area contributed by atoms with Gasteiger partial charge in [0.05, 0.1) is 16.2 Å². The summed E-state index contributed by atoms with van der Waals surface area (Å²) in [5, 5.41) is 2.77. The lowest BCUT2D eigenvalue weighted by Gasteiger charge is -2.12. The van der Waals surface area contributed by atoms with E-state index >= 15 is 0 Å². The first-order chi connectivity index (χ1) is 13.0. The molecule has 0 saturated heterocycles. The Morgan fingerprint density at radius 2 is 1.52 bits per heavy atom. The predicted octanol–water partition coefficient (Wildman–Crippen LogP) is 4.52. The van der Waals surface area contributed by atoms with Crippen molar-refractivity contribution >= 4 is 21.4 Å². The van der Waals surface area contributed by atoms with Gasteiger partial charge in [-0.05, 0) is 48.5 Å². The molecule has 0 fully saturated rings. The molecule has 0 aromatic heterocycles. The van der Waals surface area contributed by atoms with E-state index < -0.39 is 9.84 Å². The van der Waals surface area contributed by atoms with Gasteiger partial charge in [-0.3, -0.25) is 4.79 Å². The van der Waals surface area contributed by atoms with Crippen molar-refractivity contribution in [3.8, 4) is 11.5 Å². The smallest absolute Gasteiger partial charge is 0.259 e. The fourth-order valence-corrected chi connectivity index (χ4v) is 3.35. The van der Waals surface area contributed by atoms with Crippen molar-refractivity contribution in [3.63, 3.8) is 0 Å². The van der Waals surface area contributed by atoms with Crippen LogP contribution in [0, 0.1) is 0 Å². The molecule has 0 aliphatic carbocycles. The van der Waals surface area contributed by atoms with Crippen LogP contribution in [0.25, 0.3) is 0 Å². The maximum absolute atomic E-state index is 12.7. The van der Waals surface area contributed by atoms with E-state index in [9.17, 15) is 13.2 Å². The summed E-state index contributed by atoms with van der Waals surface area (Å²) in [5.74, 6) is 0.758. The third-order valence-electron chi connectivity index (χ3n) is 3.95. The summed E-state index contributed by atoms with van der Waals surface area (Å²) in [6.07, 6.45) is 0. The third kappa shape index (κ3) is 4.54. The Balaban J connectivity index is 1.79. The number of para-hydroxylation sites is 2. The topological polar surface area (TPSA) is 72.5 Å². The number of nitrogens with one attached hydrogen (secondary N) is 1. The van der Waals surface area contributed by atoms with E-state index in [2.05, 4.69) is 5.32 Å². The van der Waals surface area contributed by atoms with E-state index in [4.69, 9.17) is 4.74 Å². The molecule has 3 aromatic rings. The molecular formula is C21H19NO4S. The number of rotatable bonds is 6. The molecular weight excluding hydrogens is 362 g/mol. The molecule has 6 heteroatoms. The second kappa shape index (κ2) is 8.05. The number of hydrogen-bond donors (Lipinski definition) is 1. The van der Waals surface area contributed by atoms with Crippen molar-refractivity contribution in [2.45, 2.75) is 11.8 Å². The minimum Gasteiger partial charge on any atom is -0.457 e. The Kier molecular flexibility index (Phi) is 5.57. The number of sulfone groups is 1. The molecule has 1 N–H and O–H groups in total. The highest BCUT2D eigenvalue weighted by atomic mass is 32.2. The molecule has 0 saturated carbocycles. The Morgan fingerprint density at radius 1 is 0.889 bits per heavy atom. The van der Waals surface area contributed by atoms with E-state index in [1.54, 1.807) is 43.3 Å². The Morgan fingerprint density at radius 3 is 2.19 bits per heavy atom. The molecule has 0 radical (unpaired) electrons. The molecule has 0 unspecified atom stereocenters. The molecule has 138 valence electrons. The first-order valence-electron chi connectivity index (χ1n) is 8.46. The lowest BCUT2D eigenvalue weighted by Crippen LogP contribution is -2.13. The Labute approximate surface area is 158 Å². The summed E-state index contributed by atoms with van der Waals surface area (Å²) in [7, 11) is -3.27. The maximum atomic E-state index is 12.7. The summed E-state index contributed by atoms with van der Waals surface area (Å²) >= 11 is 0. The van der Waals surface area contributed by atoms with Crippen molar-refractivity contribution in [3.05, 3.63) is 84.4 Å². The number of amides is 1. The van der Waals surface area contributed by atoms with Crippen LogP contribution in [-0.2, 0) is 9.84 Å². The van der Waals surface area contributed by atoms with Gasteiger partial charge in [0, 0.05) is 5.69 Å². The first-order valence-corrected chi connectivity index (χ1v) is 10.1. The summed E-state index contributed by atoms with van der Waals surface area (Å²) in [4.78, 5) is 12.9. The van der Waals surface area contributed by atoms with Gasteiger partial charge in [0.25, 0.3) is 5.91 Å². The summed E-state index contributed by atoms with van der Waals surface area (Å²) < 4.78 is 29.5. The van der Waals surface area contributed by atoms with Crippen LogP contribution in [0.3, 0.4) is 0 Å². The second-order valence-electron chi connectivity index (χ2n) is 5.79. The van der Waals surface area contributed by atoms with Crippen molar-refractivity contribution in [1.82, 2.24) is 0 Å². The average molecular weight is 381 g/mol. The van der Waals surface area contributed by atoms with Crippen LogP contribution in [0.4, 0.5) is 5.69 Å². The van der Waals surface area contributed by atoms with Crippen LogP contribution >= 0.6 is 0 Å². The summed E-state index contributed by atoms with van der Waals surface area (Å²) in [6, 6.07) is 22.3. The normalized spacial score (nSPS) is 11.0. The highest BCUT2D eigenvalue weighted by molar-refractivity contribution is 7.91. The van der Waals surface area contributed by atoms with E-state index in [0.717, 1.165) is 0 Å². The molecule has 0 atom stereocenters. The molecule has 0 bridgehead atoms. The molecule has 5 nitrogen and oxygen atoms in total. The molecule has 0 heterocycles. The third-order valence-corrected chi connectivity index (χ3v) is 5.70. The van der Waals surface area contributed by atoms with Crippen molar-refractivity contribution in [2.24, 2.45) is 0 Å². The van der Waals surface area contributed by atoms with E-state index in [1.807, 2.05) is 30.3 Å². The molecule has 3 aromatic carbocycles. The minimum absolute atomic E-state index is 0.0307. The maximum Gasteiger partial charge on any atom is 0.259 e. The SMILES string of the molecule is CCS(=O)(=O)c1ccc(NC(=O)c2ccccc2Oc2ccccc2)cc1. The highest BCUT2D eigenvalue weighted by Crippen LogP contribution is 2.26. The van der Waals surface area contributed by atoms with Gasteiger partial charge in [-0.2, -0.15) is 0 Å². The number of carbonyl (C=O) groups is 1. The largest absolute Gasteiger partial charge is 0.457 e. The molecule has 3 rings (SSSR count). The van der Waals surface area contributed by atoms with Gasteiger partial charge in [-0.15, -0.1) is 0 Å². The van der Waals surface area contributed by atoms with Crippen LogP contribution in [-0.4, -0.2) is 20.1 Å². The van der Waals surface area contributed by atoms with Gasteiger partial charge in [0.2, 0.25) is 0 Å². The average Bonchev–Trinajstić information content (AvgIpc) is 2.69. The van der Waals surface area contributed by atoms with Gasteiger partial charge in [-0.25, -0.2) is 8.42 Å². The standard InChI is InChI=1S/C21H19NO4S/c1-2-27(24,25)18-14-12-16(13-15-18)22-21(23)19-10-6-7-11-20(19)26-17-8-4-3-5-9-17/h3-15H,2H2,1H3,(H,22,23).